The molecule has 1 aliphatic carbocycles. The minimum atomic E-state index is -2.69. The Kier molecular flexibility index (Phi) is 4.41. The molecule has 0 radical (unpaired) electrons. The molecular formula is C10H7Cl3O5P+. The van der Waals surface area contributed by atoms with Gasteiger partial charge in [-0.2, -0.15) is 4.79 Å². The van der Waals surface area contributed by atoms with Gasteiger partial charge in [0, 0.05) is 16.0 Å². The Hall–Kier alpha value is -0.740. The van der Waals surface area contributed by atoms with Crippen molar-refractivity contribution in [2.75, 3.05) is 0 Å². The number of rotatable bonds is 4. The molecule has 1 aromatic rings. The first kappa shape index (κ1) is 14.7. The Morgan fingerprint density at radius 1 is 1.32 bits per heavy atom. The van der Waals surface area contributed by atoms with E-state index in [1.165, 1.54) is 24.3 Å². The van der Waals surface area contributed by atoms with Gasteiger partial charge in [-0.1, -0.05) is 34.8 Å². The lowest BCUT2D eigenvalue weighted by Gasteiger charge is -1.98. The molecule has 0 aromatic heterocycles. The number of ether oxygens (including phenoxy) is 1. The summed E-state index contributed by atoms with van der Waals surface area (Å²) in [5, 5.41) is 0.497. The maximum atomic E-state index is 11.4. The molecular weight excluding hydrogens is 337 g/mol. The van der Waals surface area contributed by atoms with E-state index in [2.05, 4.69) is 4.52 Å². The Bertz CT molecular complexity index is 504. The quantitative estimate of drug-likeness (QED) is 0.458. The molecule has 0 heterocycles. The SMILES string of the molecule is O=C(OC1CC1(Cl)Cl)O[P+](=O)Oc1ccc(Cl)cc1. The maximum absolute atomic E-state index is 11.4. The average Bonchev–Trinajstić information content (AvgIpc) is 2.88. The molecule has 2 atom stereocenters. The van der Waals surface area contributed by atoms with Crippen LogP contribution in [-0.2, 0) is 13.8 Å². The number of carbonyl (C=O) groups is 1. The lowest BCUT2D eigenvalue weighted by atomic mass is 10.3. The summed E-state index contributed by atoms with van der Waals surface area (Å²) in [5.74, 6) is 0.244. The molecule has 2 unspecified atom stereocenters. The van der Waals surface area contributed by atoms with Gasteiger partial charge in [-0.25, -0.2) is 4.52 Å². The van der Waals surface area contributed by atoms with Crippen molar-refractivity contribution in [3.05, 3.63) is 29.3 Å². The molecule has 0 N–H and O–H groups in total. The van der Waals surface area contributed by atoms with Gasteiger partial charge in [0.15, 0.2) is 10.1 Å². The second kappa shape index (κ2) is 5.71. The van der Waals surface area contributed by atoms with E-state index in [-0.39, 0.29) is 5.75 Å². The fourth-order valence-electron chi connectivity index (χ4n) is 1.11. The molecule has 2 rings (SSSR count). The molecule has 1 fully saturated rings. The summed E-state index contributed by atoms with van der Waals surface area (Å²) < 4.78 is 24.2. The van der Waals surface area contributed by atoms with Crippen molar-refractivity contribution in [1.82, 2.24) is 0 Å². The number of benzene rings is 1. The van der Waals surface area contributed by atoms with Crippen molar-refractivity contribution < 1.29 is 23.1 Å². The van der Waals surface area contributed by atoms with Gasteiger partial charge in [0.25, 0.3) is 0 Å². The summed E-state index contributed by atoms with van der Waals surface area (Å²) in [4.78, 5) is 11.2. The normalized spacial score (nSPS) is 20.4. The van der Waals surface area contributed by atoms with E-state index in [4.69, 9.17) is 44.1 Å². The monoisotopic (exact) mass is 343 g/mol. The molecule has 19 heavy (non-hydrogen) atoms. The average molecular weight is 344 g/mol. The molecule has 1 aromatic carbocycles. The van der Waals surface area contributed by atoms with Crippen LogP contribution < -0.4 is 4.52 Å². The molecule has 0 aliphatic heterocycles. The molecule has 102 valence electrons. The van der Waals surface area contributed by atoms with Gasteiger partial charge in [-0.3, -0.25) is 0 Å². The summed E-state index contributed by atoms with van der Waals surface area (Å²) in [6.45, 7) is 0. The van der Waals surface area contributed by atoms with E-state index in [0.29, 0.717) is 11.4 Å². The molecule has 0 bridgehead atoms. The van der Waals surface area contributed by atoms with E-state index in [0.717, 1.165) is 0 Å². The van der Waals surface area contributed by atoms with Gasteiger partial charge in [0.05, 0.1) is 0 Å². The lowest BCUT2D eigenvalue weighted by Crippen LogP contribution is -2.10. The van der Waals surface area contributed by atoms with Crippen LogP contribution in [0.15, 0.2) is 24.3 Å². The molecule has 1 aliphatic rings. The number of alkyl halides is 2. The summed E-state index contributed by atoms with van der Waals surface area (Å²) in [7, 11) is -2.69. The third-order valence-corrected chi connectivity index (χ3v) is 3.86. The predicted molar refractivity (Wildman–Crippen MR) is 70.1 cm³/mol. The van der Waals surface area contributed by atoms with Crippen LogP contribution in [0.25, 0.3) is 0 Å². The zero-order valence-electron chi connectivity index (χ0n) is 9.22. The van der Waals surface area contributed by atoms with Crippen LogP contribution in [0.4, 0.5) is 4.79 Å². The molecule has 1 saturated carbocycles. The number of hydrogen-bond donors (Lipinski definition) is 0. The highest BCUT2D eigenvalue weighted by Crippen LogP contribution is 2.49. The topological polar surface area (TPSA) is 61.8 Å². The van der Waals surface area contributed by atoms with Crippen molar-refractivity contribution in [2.24, 2.45) is 0 Å². The standard InChI is InChI=1S/C10H7Cl3O5P/c11-6-1-3-7(4-2-6)17-19(15)18-9(14)16-8-5-10(8,12)13/h1-4,8H,5H2/q+1. The van der Waals surface area contributed by atoms with Gasteiger partial charge < -0.3 is 4.74 Å². The fourth-order valence-corrected chi connectivity index (χ4v) is 2.11. The van der Waals surface area contributed by atoms with Crippen molar-refractivity contribution in [3.63, 3.8) is 0 Å². The number of carbonyl (C=O) groups excluding carboxylic acids is 1. The van der Waals surface area contributed by atoms with Crippen molar-refractivity contribution in [1.29, 1.82) is 0 Å². The van der Waals surface area contributed by atoms with Crippen LogP contribution in [0.5, 0.6) is 5.75 Å². The minimum Gasteiger partial charge on any atom is -0.425 e. The Balaban J connectivity index is 1.78. The van der Waals surface area contributed by atoms with Crippen molar-refractivity contribution in [3.8, 4) is 5.75 Å². The maximum Gasteiger partial charge on any atom is 0.812 e. The predicted octanol–water partition coefficient (Wildman–Crippen LogP) is 4.48. The molecule has 0 amide bonds. The van der Waals surface area contributed by atoms with Gasteiger partial charge in [-0.15, -0.1) is 4.52 Å². The highest BCUT2D eigenvalue weighted by atomic mass is 35.5. The van der Waals surface area contributed by atoms with E-state index in [9.17, 15) is 9.36 Å². The van der Waals surface area contributed by atoms with Crippen LogP contribution in [0.3, 0.4) is 0 Å². The largest absolute Gasteiger partial charge is 0.812 e. The second-order valence-corrected chi connectivity index (χ2v) is 6.47. The third kappa shape index (κ3) is 4.39. The Morgan fingerprint density at radius 3 is 2.42 bits per heavy atom. The summed E-state index contributed by atoms with van der Waals surface area (Å²) >= 11 is 17.0. The molecule has 5 nitrogen and oxygen atoms in total. The first-order valence-electron chi connectivity index (χ1n) is 5.04. The molecule has 0 spiro atoms. The van der Waals surface area contributed by atoms with Gasteiger partial charge in [0.1, 0.15) is 6.10 Å². The summed E-state index contributed by atoms with van der Waals surface area (Å²) in [6.07, 6.45) is -1.49. The first-order chi connectivity index (χ1) is 8.87. The first-order valence-corrected chi connectivity index (χ1v) is 7.27. The summed E-state index contributed by atoms with van der Waals surface area (Å²) in [6, 6.07) is 6.04. The van der Waals surface area contributed by atoms with E-state index in [1.54, 1.807) is 0 Å². The van der Waals surface area contributed by atoms with Crippen LogP contribution >= 0.6 is 43.1 Å². The van der Waals surface area contributed by atoms with Crippen LogP contribution in [-0.4, -0.2) is 16.6 Å². The minimum absolute atomic E-state index is 0.244. The lowest BCUT2D eigenvalue weighted by molar-refractivity contribution is 0.0911. The van der Waals surface area contributed by atoms with Gasteiger partial charge in [-0.05, 0) is 24.3 Å². The molecule has 0 saturated heterocycles. The highest BCUT2D eigenvalue weighted by Gasteiger charge is 2.56. The highest BCUT2D eigenvalue weighted by molar-refractivity contribution is 7.34. The molecule has 9 heteroatoms. The van der Waals surface area contributed by atoms with Crippen LogP contribution in [0.2, 0.25) is 5.02 Å². The van der Waals surface area contributed by atoms with Crippen molar-refractivity contribution in [2.45, 2.75) is 16.9 Å². The van der Waals surface area contributed by atoms with E-state index < -0.39 is 24.8 Å². The zero-order chi connectivity index (χ0) is 14.0. The van der Waals surface area contributed by atoms with E-state index in [1.807, 2.05) is 0 Å². The number of hydrogen-bond acceptors (Lipinski definition) is 5. The second-order valence-electron chi connectivity index (χ2n) is 3.68. The van der Waals surface area contributed by atoms with Gasteiger partial charge in [0.2, 0.25) is 0 Å². The Morgan fingerprint density at radius 2 is 1.89 bits per heavy atom. The van der Waals surface area contributed by atoms with Crippen LogP contribution in [0, 0.1) is 0 Å². The number of halogens is 3. The smallest absolute Gasteiger partial charge is 0.425 e. The van der Waals surface area contributed by atoms with Crippen molar-refractivity contribution >= 4 is 49.2 Å². The fraction of sp³-hybridized carbons (Fsp3) is 0.300. The van der Waals surface area contributed by atoms with Crippen LogP contribution in [0.1, 0.15) is 6.42 Å². The third-order valence-electron chi connectivity index (χ3n) is 2.15. The summed E-state index contributed by atoms with van der Waals surface area (Å²) in [5.41, 5.74) is 0. The van der Waals surface area contributed by atoms with E-state index >= 15 is 0 Å². The zero-order valence-corrected chi connectivity index (χ0v) is 12.4. The van der Waals surface area contributed by atoms with Gasteiger partial charge >= 0.3 is 14.4 Å². The Labute approximate surface area is 124 Å².